The van der Waals surface area contributed by atoms with Gasteiger partial charge < -0.3 is 14.6 Å². The van der Waals surface area contributed by atoms with Crippen LogP contribution in [-0.2, 0) is 33.4 Å². The minimum atomic E-state index is -3.43. The van der Waals surface area contributed by atoms with Crippen LogP contribution in [0.25, 0.3) is 0 Å². The van der Waals surface area contributed by atoms with Crippen LogP contribution < -0.4 is 0 Å². The lowest BCUT2D eigenvalue weighted by Crippen LogP contribution is -2.37. The lowest BCUT2D eigenvalue weighted by Gasteiger charge is -2.33. The number of esters is 2. The summed E-state index contributed by atoms with van der Waals surface area (Å²) < 4.78 is 39.0. The van der Waals surface area contributed by atoms with Crippen LogP contribution in [-0.4, -0.2) is 54.6 Å². The van der Waals surface area contributed by atoms with Crippen LogP contribution in [0.1, 0.15) is 51.9 Å². The van der Waals surface area contributed by atoms with E-state index in [0.717, 1.165) is 32.1 Å². The Bertz CT molecular complexity index is 865. The zero-order chi connectivity index (χ0) is 21.8. The molecule has 2 aliphatic heterocycles. The van der Waals surface area contributed by atoms with Crippen molar-refractivity contribution in [1.29, 1.82) is 0 Å². The third-order valence-electron chi connectivity index (χ3n) is 7.01. The fourth-order valence-electron chi connectivity index (χ4n) is 5.44. The molecule has 1 N–H and O–H groups in total. The van der Waals surface area contributed by atoms with Crippen molar-refractivity contribution in [2.45, 2.75) is 81.0 Å². The van der Waals surface area contributed by atoms with Crippen molar-refractivity contribution in [3.8, 4) is 0 Å². The molecule has 8 nitrogen and oxygen atoms in total. The van der Waals surface area contributed by atoms with E-state index in [9.17, 15) is 23.1 Å². The van der Waals surface area contributed by atoms with Crippen LogP contribution in [0.2, 0.25) is 0 Å². The Morgan fingerprint density at radius 2 is 1.93 bits per heavy atom. The molecule has 5 unspecified atom stereocenters. The molecule has 2 bridgehead atoms. The number of fused-ring (bicyclic) bond motifs is 1. The van der Waals surface area contributed by atoms with Crippen LogP contribution in [0.5, 0.6) is 0 Å². The number of hydrogen-bond acceptors (Lipinski definition) is 8. The van der Waals surface area contributed by atoms with E-state index in [4.69, 9.17) is 13.7 Å². The minimum Gasteiger partial charge on any atom is -0.456 e. The molecule has 5 rings (SSSR count). The first-order valence-electron chi connectivity index (χ1n) is 10.4. The van der Waals surface area contributed by atoms with Gasteiger partial charge >= 0.3 is 11.9 Å². The van der Waals surface area contributed by atoms with Crippen molar-refractivity contribution >= 4 is 22.1 Å². The maximum Gasteiger partial charge on any atom is 0.334 e. The van der Waals surface area contributed by atoms with Gasteiger partial charge in [0.25, 0.3) is 10.1 Å². The Balaban J connectivity index is 0.000000151. The first-order valence-corrected chi connectivity index (χ1v) is 11.9. The maximum atomic E-state index is 11.7. The molecule has 0 amide bonds. The van der Waals surface area contributed by atoms with E-state index in [1.165, 1.54) is 0 Å². The summed E-state index contributed by atoms with van der Waals surface area (Å²) in [6.45, 7) is 8.76. The molecule has 9 heteroatoms. The third-order valence-corrected chi connectivity index (χ3v) is 8.78. The van der Waals surface area contributed by atoms with Gasteiger partial charge in [0.05, 0.1) is 11.4 Å². The average molecular weight is 441 g/mol. The lowest BCUT2D eigenvalue weighted by molar-refractivity contribution is -0.151. The summed E-state index contributed by atoms with van der Waals surface area (Å²) in [6, 6.07) is 0. The fourth-order valence-corrected chi connectivity index (χ4v) is 7.32. The Labute approximate surface area is 176 Å². The summed E-state index contributed by atoms with van der Waals surface area (Å²) in [7, 11) is -3.43. The van der Waals surface area contributed by atoms with Crippen LogP contribution in [0.15, 0.2) is 24.3 Å². The van der Waals surface area contributed by atoms with E-state index in [1.54, 1.807) is 6.92 Å². The van der Waals surface area contributed by atoms with E-state index in [1.807, 2.05) is 0 Å². The number of hydrogen-bond donors (Lipinski definition) is 1. The molecule has 2 saturated heterocycles. The van der Waals surface area contributed by atoms with Gasteiger partial charge in [-0.15, -0.1) is 0 Å². The fraction of sp³-hybridized carbons (Fsp3) is 0.714. The Morgan fingerprint density at radius 1 is 1.27 bits per heavy atom. The van der Waals surface area contributed by atoms with Gasteiger partial charge in [-0.2, -0.15) is 8.42 Å². The smallest absolute Gasteiger partial charge is 0.334 e. The molecule has 166 valence electrons. The van der Waals surface area contributed by atoms with E-state index in [2.05, 4.69) is 13.2 Å². The molecule has 3 saturated carbocycles. The molecule has 0 aromatic heterocycles. The van der Waals surface area contributed by atoms with Gasteiger partial charge in [-0.05, 0) is 45.4 Å². The zero-order valence-corrected chi connectivity index (χ0v) is 17.9. The normalized spacial score (nSPS) is 42.6. The topological polar surface area (TPSA) is 116 Å². The number of ether oxygens (including phenoxy) is 2. The summed E-state index contributed by atoms with van der Waals surface area (Å²) >= 11 is 0. The SMILES string of the molecule is C=C(C)C(=O)OC1C2CC3C1OS(=O)(=O)C3C2.C=C1CC2(CCC(O)CC2)OC1=O. The molecule has 5 fully saturated rings. The van der Waals surface area contributed by atoms with Crippen LogP contribution in [0.4, 0.5) is 0 Å². The molecular formula is C21H28O8S. The van der Waals surface area contributed by atoms with Gasteiger partial charge in [-0.25, -0.2) is 9.59 Å². The molecule has 30 heavy (non-hydrogen) atoms. The van der Waals surface area contributed by atoms with Gasteiger partial charge in [-0.1, -0.05) is 13.2 Å². The highest BCUT2D eigenvalue weighted by Crippen LogP contribution is 2.55. The molecule has 1 spiro atoms. The highest BCUT2D eigenvalue weighted by Gasteiger charge is 2.65. The largest absolute Gasteiger partial charge is 0.456 e. The molecule has 2 heterocycles. The monoisotopic (exact) mass is 440 g/mol. The van der Waals surface area contributed by atoms with Crippen molar-refractivity contribution in [1.82, 2.24) is 0 Å². The second-order valence-electron chi connectivity index (χ2n) is 9.22. The molecule has 5 aliphatic rings. The Morgan fingerprint density at radius 3 is 2.50 bits per heavy atom. The highest BCUT2D eigenvalue weighted by atomic mass is 32.2. The van der Waals surface area contributed by atoms with Crippen molar-refractivity contribution in [3.05, 3.63) is 24.3 Å². The average Bonchev–Trinajstić information content (AvgIpc) is 3.35. The summed E-state index contributed by atoms with van der Waals surface area (Å²) in [5.41, 5.74) is 0.592. The number of aliphatic hydroxyl groups is 1. The van der Waals surface area contributed by atoms with Crippen molar-refractivity contribution in [2.24, 2.45) is 11.8 Å². The predicted molar refractivity (Wildman–Crippen MR) is 106 cm³/mol. The Kier molecular flexibility index (Phi) is 5.35. The second kappa shape index (κ2) is 7.46. The number of carbonyl (C=O) groups excluding carboxylic acids is 2. The first kappa shape index (κ1) is 21.5. The standard InChI is InChI=1S/C11H14O5S.C10H14O3/c1-5(2)11(12)15-9-6-3-7-8(4-6)17(13,14)16-10(7)9;1-7-6-10(13-9(7)12)4-2-8(11)3-5-10/h6-10H,1,3-4H2,2H3;8,11H,1-6H2. The van der Waals surface area contributed by atoms with Gasteiger partial charge in [-0.3, -0.25) is 4.18 Å². The van der Waals surface area contributed by atoms with Crippen molar-refractivity contribution in [2.75, 3.05) is 0 Å². The van der Waals surface area contributed by atoms with Gasteiger partial charge in [0.15, 0.2) is 0 Å². The predicted octanol–water partition coefficient (Wildman–Crippen LogP) is 1.77. The molecule has 0 radical (unpaired) electrons. The van der Waals surface area contributed by atoms with Crippen molar-refractivity contribution in [3.63, 3.8) is 0 Å². The van der Waals surface area contributed by atoms with Gasteiger partial charge in [0, 0.05) is 29.4 Å². The summed E-state index contributed by atoms with van der Waals surface area (Å²) in [5, 5.41) is 8.94. The van der Waals surface area contributed by atoms with E-state index in [-0.39, 0.29) is 34.8 Å². The van der Waals surface area contributed by atoms with E-state index >= 15 is 0 Å². The summed E-state index contributed by atoms with van der Waals surface area (Å²) in [6.07, 6.45) is 3.92. The molecule has 5 atom stereocenters. The van der Waals surface area contributed by atoms with Crippen LogP contribution in [0, 0.1) is 11.8 Å². The third kappa shape index (κ3) is 3.71. The molecule has 0 aromatic rings. The summed E-state index contributed by atoms with van der Waals surface area (Å²) in [4.78, 5) is 22.6. The maximum absolute atomic E-state index is 11.7. The van der Waals surface area contributed by atoms with Gasteiger partial charge in [0.1, 0.15) is 17.8 Å². The molecule has 0 aromatic carbocycles. The molecule has 3 aliphatic carbocycles. The summed E-state index contributed by atoms with van der Waals surface area (Å²) in [5.74, 6) is -0.591. The van der Waals surface area contributed by atoms with Crippen LogP contribution >= 0.6 is 0 Å². The van der Waals surface area contributed by atoms with Gasteiger partial charge in [0.2, 0.25) is 0 Å². The second-order valence-corrected chi connectivity index (χ2v) is 11.0. The number of rotatable bonds is 2. The van der Waals surface area contributed by atoms with Crippen molar-refractivity contribution < 1.29 is 36.8 Å². The lowest BCUT2D eigenvalue weighted by atomic mass is 9.81. The quantitative estimate of drug-likeness (QED) is 0.392. The first-order chi connectivity index (χ1) is 14.0. The van der Waals surface area contributed by atoms with E-state index < -0.39 is 28.3 Å². The molecular weight excluding hydrogens is 412 g/mol. The number of aliphatic hydroxyl groups excluding tert-OH is 1. The highest BCUT2D eigenvalue weighted by molar-refractivity contribution is 7.87. The Hall–Kier alpha value is -1.71. The zero-order valence-electron chi connectivity index (χ0n) is 17.0. The van der Waals surface area contributed by atoms with E-state index in [0.29, 0.717) is 24.0 Å². The number of carbonyl (C=O) groups is 2. The minimum absolute atomic E-state index is 0.00733. The van der Waals surface area contributed by atoms with Crippen LogP contribution in [0.3, 0.4) is 0 Å².